The Kier molecular flexibility index (Phi) is 8.12. The normalized spacial score (nSPS) is 22.5. The second kappa shape index (κ2) is 11.0. The molecule has 4 atom stereocenters. The van der Waals surface area contributed by atoms with Gasteiger partial charge in [-0.1, -0.05) is 43.0 Å². The van der Waals surface area contributed by atoms with Crippen LogP contribution >= 0.6 is 0 Å². The molecule has 10 nitrogen and oxygen atoms in total. The summed E-state index contributed by atoms with van der Waals surface area (Å²) in [5, 5.41) is 22.4. The molecule has 1 fully saturated rings. The zero-order valence-electron chi connectivity index (χ0n) is 17.7. The van der Waals surface area contributed by atoms with E-state index < -0.39 is 36.3 Å². The van der Waals surface area contributed by atoms with Crippen molar-refractivity contribution in [2.45, 2.75) is 44.5 Å². The Bertz CT molecular complexity index is 979. The topological polar surface area (TPSA) is 132 Å². The Morgan fingerprint density at radius 2 is 2.03 bits per heavy atom. The first kappa shape index (κ1) is 23.6. The maximum Gasteiger partial charge on any atom is 0.412 e. The molecule has 1 aromatic heterocycles. The minimum Gasteiger partial charge on any atom is -0.449 e. The summed E-state index contributed by atoms with van der Waals surface area (Å²) in [5.74, 6) is -0.0346. The number of nitrogens with zero attached hydrogens (tertiary/aromatic N) is 2. The Balaban J connectivity index is 1.50. The highest BCUT2D eigenvalue weighted by atomic mass is 16.6. The number of amides is 1. The first-order chi connectivity index (χ1) is 15.4. The fraction of sp³-hybridized carbons (Fsp3) is 0.409. The molecular weight excluding hydrogens is 418 g/mol. The van der Waals surface area contributed by atoms with Gasteiger partial charge in [-0.2, -0.15) is 4.98 Å². The van der Waals surface area contributed by atoms with E-state index in [2.05, 4.69) is 16.9 Å². The van der Waals surface area contributed by atoms with Crippen molar-refractivity contribution in [1.29, 1.82) is 0 Å². The maximum absolute atomic E-state index is 12.4. The van der Waals surface area contributed by atoms with Crippen LogP contribution in [0.3, 0.4) is 0 Å². The van der Waals surface area contributed by atoms with Crippen molar-refractivity contribution >= 4 is 18.0 Å². The van der Waals surface area contributed by atoms with Crippen LogP contribution in [0.15, 0.2) is 47.9 Å². The molecule has 0 saturated carbocycles. The molecule has 32 heavy (non-hydrogen) atoms. The molecule has 0 aliphatic carbocycles. The number of carbonyl (C=O) groups is 1. The van der Waals surface area contributed by atoms with Crippen LogP contribution in [-0.2, 0) is 20.8 Å². The van der Waals surface area contributed by atoms with Crippen molar-refractivity contribution in [2.24, 2.45) is 0 Å². The second-order valence-electron chi connectivity index (χ2n) is 7.30. The van der Waals surface area contributed by atoms with Gasteiger partial charge in [-0.3, -0.25) is 9.88 Å². The highest BCUT2D eigenvalue weighted by Crippen LogP contribution is 2.28. The monoisotopic (exact) mass is 445 g/mol. The molecule has 1 aliphatic rings. The van der Waals surface area contributed by atoms with E-state index in [0.29, 0.717) is 25.2 Å². The number of aromatic nitrogens is 2. The molecule has 1 aliphatic heterocycles. The Labute approximate surface area is 185 Å². The van der Waals surface area contributed by atoms with Crippen molar-refractivity contribution in [2.75, 3.05) is 18.5 Å². The summed E-state index contributed by atoms with van der Waals surface area (Å²) in [6.07, 6.45) is -1.73. The largest absolute Gasteiger partial charge is 0.449 e. The van der Waals surface area contributed by atoms with Gasteiger partial charge in [0.15, 0.2) is 6.23 Å². The van der Waals surface area contributed by atoms with Crippen LogP contribution in [0.4, 0.5) is 10.6 Å². The molecule has 2 heterocycles. The first-order valence-electron chi connectivity index (χ1n) is 10.2. The van der Waals surface area contributed by atoms with Gasteiger partial charge < -0.3 is 24.4 Å². The van der Waals surface area contributed by atoms with Gasteiger partial charge >= 0.3 is 11.8 Å². The number of hydrogen-bond acceptors (Lipinski definition) is 8. The third-order valence-corrected chi connectivity index (χ3v) is 4.95. The van der Waals surface area contributed by atoms with Crippen molar-refractivity contribution in [1.82, 2.24) is 9.55 Å². The van der Waals surface area contributed by atoms with Gasteiger partial charge in [-0.15, -0.1) is 0 Å². The fourth-order valence-corrected chi connectivity index (χ4v) is 3.20. The lowest BCUT2D eigenvalue weighted by Gasteiger charge is -2.18. The minimum atomic E-state index is -1.30. The smallest absolute Gasteiger partial charge is 0.412 e. The third-order valence-electron chi connectivity index (χ3n) is 4.95. The lowest BCUT2D eigenvalue weighted by atomic mass is 10.1. The number of benzene rings is 1. The summed E-state index contributed by atoms with van der Waals surface area (Å²) in [5.41, 5.74) is 0.603. The molecule has 1 saturated heterocycles. The lowest BCUT2D eigenvalue weighted by Crippen LogP contribution is -2.36. The van der Waals surface area contributed by atoms with Gasteiger partial charge in [0, 0.05) is 18.2 Å². The molecule has 3 N–H and O–H groups in total. The number of nitrogens with one attached hydrogen (secondary N) is 1. The maximum atomic E-state index is 12.4. The van der Waals surface area contributed by atoms with Crippen molar-refractivity contribution in [3.05, 3.63) is 64.7 Å². The van der Waals surface area contributed by atoms with Gasteiger partial charge in [0.25, 0.3) is 0 Å². The number of anilines is 1. The quantitative estimate of drug-likeness (QED) is 0.497. The number of hydrogen-bond donors (Lipinski definition) is 3. The molecule has 0 radical (unpaired) electrons. The van der Waals surface area contributed by atoms with Crippen LogP contribution in [-0.4, -0.2) is 57.4 Å². The highest BCUT2D eigenvalue weighted by Gasteiger charge is 2.42. The first-order valence-corrected chi connectivity index (χ1v) is 10.2. The molecule has 0 bridgehead atoms. The van der Waals surface area contributed by atoms with E-state index >= 15 is 0 Å². The van der Waals surface area contributed by atoms with E-state index in [1.54, 1.807) is 6.92 Å². The van der Waals surface area contributed by atoms with Crippen molar-refractivity contribution < 1.29 is 29.2 Å². The lowest BCUT2D eigenvalue weighted by molar-refractivity contribution is -0.0350. The van der Waals surface area contributed by atoms with Gasteiger partial charge in [0.2, 0.25) is 0 Å². The predicted octanol–water partition coefficient (Wildman–Crippen LogP) is 1.68. The van der Waals surface area contributed by atoms with Crippen LogP contribution in [0.2, 0.25) is 0 Å². The van der Waals surface area contributed by atoms with Gasteiger partial charge in [-0.25, -0.2) is 9.59 Å². The van der Waals surface area contributed by atoms with E-state index in [1.807, 2.05) is 30.3 Å². The van der Waals surface area contributed by atoms with Crippen LogP contribution in [0.5, 0.6) is 0 Å². The van der Waals surface area contributed by atoms with Crippen molar-refractivity contribution in [3.8, 4) is 0 Å². The minimum absolute atomic E-state index is 0.0346. The molecule has 1 aromatic carbocycles. The van der Waals surface area contributed by atoms with E-state index in [-0.39, 0.29) is 12.4 Å². The highest BCUT2D eigenvalue weighted by molar-refractivity contribution is 5.85. The second-order valence-corrected chi connectivity index (χ2v) is 7.30. The summed E-state index contributed by atoms with van der Waals surface area (Å²) < 4.78 is 17.1. The summed E-state index contributed by atoms with van der Waals surface area (Å²) >= 11 is 0. The Hall–Kier alpha value is -3.05. The van der Waals surface area contributed by atoms with E-state index in [0.717, 1.165) is 10.1 Å². The van der Waals surface area contributed by atoms with Crippen molar-refractivity contribution in [3.63, 3.8) is 0 Å². The Morgan fingerprint density at radius 1 is 1.28 bits per heavy atom. The average molecular weight is 445 g/mol. The van der Waals surface area contributed by atoms with Crippen LogP contribution in [0, 0.1) is 0 Å². The summed E-state index contributed by atoms with van der Waals surface area (Å²) in [6.45, 7) is 6.25. The Morgan fingerprint density at radius 3 is 2.69 bits per heavy atom. The fourth-order valence-electron chi connectivity index (χ4n) is 3.20. The zero-order chi connectivity index (χ0) is 23.1. The summed E-state index contributed by atoms with van der Waals surface area (Å²) in [6, 6.07) is 9.72. The zero-order valence-corrected chi connectivity index (χ0v) is 17.7. The standard InChI is InChI=1S/C22H27N3O7/c1-3-16-12-25(20-18(27)17(26)14(2)32-20)21(28)23-19(16)24-22(29)31-11-7-10-30-13-15-8-5-4-6-9-15/h3-6,8-9,12,14,17-18,20,26-27H,1,7,10-11,13H2,2H3,(H,23,24,28,29)/t14-,17?,18?,20-/m1/s1. The third kappa shape index (κ3) is 5.80. The predicted molar refractivity (Wildman–Crippen MR) is 116 cm³/mol. The molecule has 3 rings (SSSR count). The number of aliphatic hydroxyl groups is 2. The van der Waals surface area contributed by atoms with Crippen LogP contribution in [0.1, 0.15) is 30.7 Å². The molecule has 1 amide bonds. The van der Waals surface area contributed by atoms with Gasteiger partial charge in [0.05, 0.1) is 25.9 Å². The van der Waals surface area contributed by atoms with Gasteiger partial charge in [-0.05, 0) is 12.5 Å². The molecule has 10 heteroatoms. The molecule has 2 aromatic rings. The average Bonchev–Trinajstić information content (AvgIpc) is 3.04. The summed E-state index contributed by atoms with van der Waals surface area (Å²) in [4.78, 5) is 28.3. The van der Waals surface area contributed by atoms with E-state index in [4.69, 9.17) is 14.2 Å². The molecular formula is C22H27N3O7. The molecule has 0 spiro atoms. The number of aliphatic hydroxyl groups excluding tert-OH is 2. The number of ether oxygens (including phenoxy) is 3. The van der Waals surface area contributed by atoms with Crippen LogP contribution < -0.4 is 11.0 Å². The van der Waals surface area contributed by atoms with E-state index in [9.17, 15) is 19.8 Å². The molecule has 2 unspecified atom stereocenters. The van der Waals surface area contributed by atoms with Gasteiger partial charge in [0.1, 0.15) is 18.0 Å². The SMILES string of the molecule is C=Cc1cn([C@@H]2O[C@H](C)C(O)C2O)c(=O)nc1NC(=O)OCCCOCc1ccccc1. The van der Waals surface area contributed by atoms with E-state index in [1.165, 1.54) is 12.3 Å². The summed E-state index contributed by atoms with van der Waals surface area (Å²) in [7, 11) is 0. The number of carbonyl (C=O) groups excluding carboxylic acids is 1. The van der Waals surface area contributed by atoms with Crippen LogP contribution in [0.25, 0.3) is 6.08 Å². The number of rotatable bonds is 9. The molecule has 172 valence electrons.